The van der Waals surface area contributed by atoms with Gasteiger partial charge < -0.3 is 0 Å². The van der Waals surface area contributed by atoms with Crippen molar-refractivity contribution in [3.8, 4) is 77.9 Å². The molecule has 0 saturated carbocycles. The Kier molecular flexibility index (Phi) is 13.9. The minimum Gasteiger partial charge on any atom is -0.0622 e. The lowest BCUT2D eigenvalue weighted by atomic mass is 9.81. The lowest BCUT2D eigenvalue weighted by Crippen LogP contribution is -1.94. The Bertz CT molecular complexity index is 7950. The van der Waals surface area contributed by atoms with Crippen molar-refractivity contribution in [2.75, 3.05) is 0 Å². The first-order valence-corrected chi connectivity index (χ1v) is 38.4. The molecule has 24 aromatic rings. The number of benzene rings is 24. The van der Waals surface area contributed by atoms with Crippen LogP contribution in [0.5, 0.6) is 0 Å². The summed E-state index contributed by atoms with van der Waals surface area (Å²) in [7, 11) is 0. The van der Waals surface area contributed by atoms with Crippen LogP contribution in [0.1, 0.15) is 0 Å². The van der Waals surface area contributed by atoms with Gasteiger partial charge in [-0.05, 0) is 276 Å². The molecule has 0 nitrogen and oxygen atoms in total. The molecular formula is C110H66. The molecule has 0 aliphatic rings. The van der Waals surface area contributed by atoms with Crippen LogP contribution in [0, 0.1) is 0 Å². The number of fused-ring (bicyclic) bond motifs is 13. The van der Waals surface area contributed by atoms with Gasteiger partial charge in [0.1, 0.15) is 0 Å². The summed E-state index contributed by atoms with van der Waals surface area (Å²) in [6.45, 7) is 0. The standard InChI is InChI=1S/C56H34.C54H32/c1-2-14-35(15-3-1)39-18-8-9-23-44(39)53-34-54(52-33-38-17-5-7-20-41(38)43-22-11-13-25-46(43)52)49-29-27-36-26-28-47(48-30-31-50(53)56(49)55(36)48)51-32-37-16-4-6-19-40(37)42-21-10-12-24-45(42)51;1-4-16-37-33(12-1)15-11-23-42(37)51-32-52(50-31-36-14-3-6-18-39(36)41-20-8-10-22-44(41)50)47-27-25-34-24-26-45(46-28-29-48(51)54(47)53(34)46)49-30-35-13-2-5-17-38(35)40-19-7-9-21-43(40)49/h1-34H;1-32H. The average molecular weight is 1390 g/mol. The van der Waals surface area contributed by atoms with Gasteiger partial charge in [-0.3, -0.25) is 0 Å². The first-order valence-electron chi connectivity index (χ1n) is 38.4. The largest absolute Gasteiger partial charge is 0.0622 e. The van der Waals surface area contributed by atoms with E-state index in [1.807, 2.05) is 0 Å². The van der Waals surface area contributed by atoms with Crippen LogP contribution in [0.3, 0.4) is 0 Å². The summed E-state index contributed by atoms with van der Waals surface area (Å²) in [5.41, 5.74) is 17.6. The minimum absolute atomic E-state index is 1.22. The molecule has 0 heteroatoms. The molecule has 0 amide bonds. The van der Waals surface area contributed by atoms with E-state index in [0.29, 0.717) is 0 Å². The molecule has 0 fully saturated rings. The van der Waals surface area contributed by atoms with Crippen molar-refractivity contribution in [2.45, 2.75) is 0 Å². The molecule has 0 bridgehead atoms. The smallest absolute Gasteiger partial charge is 0.00141 e. The van der Waals surface area contributed by atoms with Crippen molar-refractivity contribution in [2.24, 2.45) is 0 Å². The molecule has 0 aliphatic carbocycles. The van der Waals surface area contributed by atoms with Gasteiger partial charge in [0.05, 0.1) is 0 Å². The number of hydrogen-bond acceptors (Lipinski definition) is 0. The van der Waals surface area contributed by atoms with Crippen LogP contribution in [-0.2, 0) is 0 Å². The maximum absolute atomic E-state index is 2.48. The molecule has 0 saturated heterocycles. The van der Waals surface area contributed by atoms with Crippen molar-refractivity contribution >= 4 is 162 Å². The van der Waals surface area contributed by atoms with Crippen LogP contribution in [0.4, 0.5) is 0 Å². The lowest BCUT2D eigenvalue weighted by Gasteiger charge is -2.22. The molecule has 0 heterocycles. The van der Waals surface area contributed by atoms with E-state index >= 15 is 0 Å². The van der Waals surface area contributed by atoms with Gasteiger partial charge in [-0.2, -0.15) is 0 Å². The van der Waals surface area contributed by atoms with Crippen LogP contribution < -0.4 is 0 Å². The first-order chi connectivity index (χ1) is 54.6. The van der Waals surface area contributed by atoms with Crippen molar-refractivity contribution in [3.63, 3.8) is 0 Å². The van der Waals surface area contributed by atoms with Gasteiger partial charge in [-0.25, -0.2) is 0 Å². The summed E-state index contributed by atoms with van der Waals surface area (Å²) < 4.78 is 0. The predicted octanol–water partition coefficient (Wildman–Crippen LogP) is 31.2. The van der Waals surface area contributed by atoms with Gasteiger partial charge in [0.2, 0.25) is 0 Å². The summed E-state index contributed by atoms with van der Waals surface area (Å²) in [5, 5.41) is 38.5. The third-order valence-corrected chi connectivity index (χ3v) is 24.2. The van der Waals surface area contributed by atoms with Gasteiger partial charge >= 0.3 is 0 Å². The predicted molar refractivity (Wildman–Crippen MR) is 476 cm³/mol. The molecule has 506 valence electrons. The Balaban J connectivity index is 0.000000132. The number of rotatable bonds is 7. The van der Waals surface area contributed by atoms with Gasteiger partial charge in [-0.15, -0.1) is 0 Å². The summed E-state index contributed by atoms with van der Waals surface area (Å²) >= 11 is 0. The van der Waals surface area contributed by atoms with Crippen molar-refractivity contribution < 1.29 is 0 Å². The molecule has 0 aromatic heterocycles. The van der Waals surface area contributed by atoms with E-state index in [4.69, 9.17) is 0 Å². The fourth-order valence-electron chi connectivity index (χ4n) is 19.3. The van der Waals surface area contributed by atoms with E-state index in [9.17, 15) is 0 Å². The Morgan fingerprint density at radius 2 is 0.336 bits per heavy atom. The normalized spacial score (nSPS) is 12.0. The van der Waals surface area contributed by atoms with E-state index in [1.165, 1.54) is 239 Å². The SMILES string of the molecule is c1ccc(-c2ccccc2-c2cc(-c3cc4ccccc4c4ccccc34)c3ccc4ccc(-c5cc6ccccc6c6ccccc56)c5ccc2c3c45)cc1.c1ccc2c(-c3cc(-c4cc5ccccc5c5ccccc45)c4ccc5ccc(-c6cc7ccccc7c7ccccc67)c6ccc3c4c56)cccc2c1. The second-order valence-corrected chi connectivity index (χ2v) is 29.9. The van der Waals surface area contributed by atoms with Crippen LogP contribution in [0.15, 0.2) is 400 Å². The van der Waals surface area contributed by atoms with Crippen LogP contribution in [-0.4, -0.2) is 0 Å². The molecule has 24 aromatic carbocycles. The lowest BCUT2D eigenvalue weighted by molar-refractivity contribution is 1.60. The van der Waals surface area contributed by atoms with Gasteiger partial charge in [0, 0.05) is 0 Å². The zero-order chi connectivity index (χ0) is 72.1. The maximum atomic E-state index is 2.48. The van der Waals surface area contributed by atoms with E-state index in [0.717, 1.165) is 0 Å². The first kappa shape index (κ1) is 62.0. The Morgan fingerprint density at radius 1 is 0.0909 bits per heavy atom. The van der Waals surface area contributed by atoms with Gasteiger partial charge in [0.25, 0.3) is 0 Å². The molecule has 0 spiro atoms. The monoisotopic (exact) mass is 1390 g/mol. The van der Waals surface area contributed by atoms with Crippen molar-refractivity contribution in [3.05, 3.63) is 400 Å². The third-order valence-electron chi connectivity index (χ3n) is 24.2. The Labute approximate surface area is 635 Å². The maximum Gasteiger partial charge on any atom is -0.00141 e. The zero-order valence-corrected chi connectivity index (χ0v) is 60.1. The summed E-state index contributed by atoms with van der Waals surface area (Å²) in [6, 6.07) is 149. The topological polar surface area (TPSA) is 0 Å². The highest BCUT2D eigenvalue weighted by molar-refractivity contribution is 6.35. The molecule has 0 unspecified atom stereocenters. The Hall–Kier alpha value is -14.3. The fraction of sp³-hybridized carbons (Fsp3) is 0. The average Bonchev–Trinajstić information content (AvgIpc) is 0.710. The molecule has 0 N–H and O–H groups in total. The highest BCUT2D eigenvalue weighted by Crippen LogP contribution is 2.53. The van der Waals surface area contributed by atoms with Gasteiger partial charge in [0.15, 0.2) is 0 Å². The summed E-state index contributed by atoms with van der Waals surface area (Å²) in [6.07, 6.45) is 0. The van der Waals surface area contributed by atoms with E-state index < -0.39 is 0 Å². The highest BCUT2D eigenvalue weighted by Gasteiger charge is 2.25. The fourth-order valence-corrected chi connectivity index (χ4v) is 19.3. The van der Waals surface area contributed by atoms with Crippen molar-refractivity contribution in [1.29, 1.82) is 0 Å². The highest BCUT2D eigenvalue weighted by atomic mass is 14.3. The summed E-state index contributed by atoms with van der Waals surface area (Å²) in [5.74, 6) is 0. The van der Waals surface area contributed by atoms with Crippen molar-refractivity contribution in [1.82, 2.24) is 0 Å². The Morgan fingerprint density at radius 3 is 0.745 bits per heavy atom. The zero-order valence-electron chi connectivity index (χ0n) is 60.1. The summed E-state index contributed by atoms with van der Waals surface area (Å²) in [4.78, 5) is 0. The van der Waals surface area contributed by atoms with E-state index in [-0.39, 0.29) is 0 Å². The van der Waals surface area contributed by atoms with E-state index in [1.54, 1.807) is 0 Å². The number of hydrogen-bond donors (Lipinski definition) is 0. The molecule has 110 heavy (non-hydrogen) atoms. The van der Waals surface area contributed by atoms with E-state index in [2.05, 4.69) is 400 Å². The van der Waals surface area contributed by atoms with Gasteiger partial charge in [-0.1, -0.05) is 364 Å². The minimum atomic E-state index is 1.22. The third kappa shape index (κ3) is 9.46. The van der Waals surface area contributed by atoms with Crippen LogP contribution >= 0.6 is 0 Å². The molecule has 0 aliphatic heterocycles. The molecule has 0 radical (unpaired) electrons. The quantitative estimate of drug-likeness (QED) is 0.140. The van der Waals surface area contributed by atoms with Crippen LogP contribution in [0.2, 0.25) is 0 Å². The second kappa shape index (κ2) is 24.6. The second-order valence-electron chi connectivity index (χ2n) is 29.9. The van der Waals surface area contributed by atoms with Crippen LogP contribution in [0.25, 0.3) is 239 Å². The molecule has 24 rings (SSSR count). The molecule has 0 atom stereocenters. The molecular weight excluding hydrogens is 1320 g/mol.